The van der Waals surface area contributed by atoms with E-state index in [9.17, 15) is 25.4 Å². The number of aromatic nitrogens is 2. The largest absolute Gasteiger partial charge is 0.394 e. The molecular weight excluding hydrogens is 256 g/mol. The molecule has 0 aliphatic heterocycles. The molecule has 0 aromatic carbocycles. The average Bonchev–Trinajstić information content (AvgIpc) is 2.72. The van der Waals surface area contributed by atoms with Gasteiger partial charge in [0.2, 0.25) is 5.82 Å². The molecule has 0 atom stereocenters. The molecule has 108 valence electrons. The average molecular weight is 274 g/mol. The molecule has 0 amide bonds. The second kappa shape index (κ2) is 5.95. The molecule has 0 aliphatic rings. The van der Waals surface area contributed by atoms with Gasteiger partial charge in [0.05, 0.1) is 24.7 Å². The van der Waals surface area contributed by atoms with Crippen LogP contribution in [0, 0.1) is 10.1 Å². The monoisotopic (exact) mass is 274 g/mol. The highest BCUT2D eigenvalue weighted by Gasteiger charge is 2.34. The Kier molecular flexibility index (Phi) is 4.81. The molecule has 1 rings (SSSR count). The van der Waals surface area contributed by atoms with Crippen molar-refractivity contribution in [3.63, 3.8) is 0 Å². The van der Waals surface area contributed by atoms with Crippen LogP contribution >= 0.6 is 0 Å². The van der Waals surface area contributed by atoms with Crippen LogP contribution in [0.1, 0.15) is 12.6 Å². The van der Waals surface area contributed by atoms with E-state index in [0.29, 0.717) is 6.42 Å². The number of nitro groups is 1. The Morgan fingerprint density at radius 3 is 2.26 bits per heavy atom. The summed E-state index contributed by atoms with van der Waals surface area (Å²) in [4.78, 5) is 10.5. The maximum Gasteiger partial charge on any atom is 0.334 e. The zero-order valence-electron chi connectivity index (χ0n) is 10.8. The lowest BCUT2D eigenvalue weighted by molar-refractivity contribution is -0.384. The molecule has 1 aromatic heterocycles. The molecule has 0 unspecified atom stereocenters. The standard InChI is InChI=1S/C10H18N4O5/c1-3-7-8(14(18)19)9(13(2)12-7)11-10(4-15,5-16)6-17/h11,15-17H,3-6H2,1-2H3. The Hall–Kier alpha value is -1.71. The van der Waals surface area contributed by atoms with Crippen LogP contribution < -0.4 is 5.32 Å². The molecule has 4 N–H and O–H groups in total. The molecule has 0 fully saturated rings. The summed E-state index contributed by atoms with van der Waals surface area (Å²) in [7, 11) is 1.51. The van der Waals surface area contributed by atoms with Gasteiger partial charge < -0.3 is 20.6 Å². The van der Waals surface area contributed by atoms with E-state index in [0.717, 1.165) is 0 Å². The molecule has 0 saturated heterocycles. The molecule has 0 spiro atoms. The van der Waals surface area contributed by atoms with Crippen molar-refractivity contribution >= 4 is 11.5 Å². The Morgan fingerprint density at radius 1 is 1.37 bits per heavy atom. The first-order valence-corrected chi connectivity index (χ1v) is 5.75. The third-order valence-electron chi connectivity index (χ3n) is 2.90. The van der Waals surface area contributed by atoms with E-state index in [1.807, 2.05) is 0 Å². The van der Waals surface area contributed by atoms with Gasteiger partial charge in [0.25, 0.3) is 0 Å². The smallest absolute Gasteiger partial charge is 0.334 e. The second-order valence-corrected chi connectivity index (χ2v) is 4.26. The van der Waals surface area contributed by atoms with Crippen molar-refractivity contribution in [2.24, 2.45) is 7.05 Å². The van der Waals surface area contributed by atoms with Crippen molar-refractivity contribution < 1.29 is 20.2 Å². The molecule has 9 nitrogen and oxygen atoms in total. The Balaban J connectivity index is 3.27. The maximum absolute atomic E-state index is 11.1. The first-order chi connectivity index (χ1) is 8.94. The highest BCUT2D eigenvalue weighted by atomic mass is 16.6. The molecule has 0 radical (unpaired) electrons. The van der Waals surface area contributed by atoms with Gasteiger partial charge in [0.1, 0.15) is 11.2 Å². The van der Waals surface area contributed by atoms with Gasteiger partial charge in [-0.15, -0.1) is 0 Å². The van der Waals surface area contributed by atoms with E-state index >= 15 is 0 Å². The van der Waals surface area contributed by atoms with Crippen LogP contribution in [0.2, 0.25) is 0 Å². The molecule has 19 heavy (non-hydrogen) atoms. The number of aliphatic hydroxyl groups is 3. The van der Waals surface area contributed by atoms with Crippen molar-refractivity contribution in [2.75, 3.05) is 25.1 Å². The third kappa shape index (κ3) is 2.83. The SMILES string of the molecule is CCc1nn(C)c(NC(CO)(CO)CO)c1[N+](=O)[O-]. The van der Waals surface area contributed by atoms with Crippen molar-refractivity contribution in [3.05, 3.63) is 15.8 Å². The summed E-state index contributed by atoms with van der Waals surface area (Å²) in [5.74, 6) is 0.0407. The molecule has 1 aromatic rings. The van der Waals surface area contributed by atoms with Gasteiger partial charge >= 0.3 is 5.69 Å². The van der Waals surface area contributed by atoms with E-state index in [4.69, 9.17) is 0 Å². The first kappa shape index (κ1) is 15.3. The van der Waals surface area contributed by atoms with Crippen LogP contribution in [0.5, 0.6) is 0 Å². The van der Waals surface area contributed by atoms with Crippen molar-refractivity contribution in [1.29, 1.82) is 0 Å². The number of rotatable bonds is 7. The van der Waals surface area contributed by atoms with E-state index in [-0.39, 0.29) is 17.2 Å². The van der Waals surface area contributed by atoms with Gasteiger partial charge in [-0.05, 0) is 6.42 Å². The first-order valence-electron chi connectivity index (χ1n) is 5.75. The van der Waals surface area contributed by atoms with Crippen LogP contribution in [-0.4, -0.2) is 55.4 Å². The minimum Gasteiger partial charge on any atom is -0.394 e. The summed E-state index contributed by atoms with van der Waals surface area (Å²) >= 11 is 0. The fourth-order valence-electron chi connectivity index (χ4n) is 1.66. The quantitative estimate of drug-likeness (QED) is 0.371. The number of aliphatic hydroxyl groups excluding tert-OH is 3. The van der Waals surface area contributed by atoms with Gasteiger partial charge in [0, 0.05) is 7.05 Å². The van der Waals surface area contributed by atoms with Gasteiger partial charge in [-0.2, -0.15) is 5.10 Å². The van der Waals surface area contributed by atoms with Crippen LogP contribution in [0.3, 0.4) is 0 Å². The van der Waals surface area contributed by atoms with Gasteiger partial charge in [-0.1, -0.05) is 6.92 Å². The lowest BCUT2D eigenvalue weighted by atomic mass is 10.0. The van der Waals surface area contributed by atoms with Crippen LogP contribution in [-0.2, 0) is 13.5 Å². The van der Waals surface area contributed by atoms with Crippen molar-refractivity contribution in [1.82, 2.24) is 9.78 Å². The molecule has 1 heterocycles. The summed E-state index contributed by atoms with van der Waals surface area (Å²) in [6, 6.07) is 0. The number of anilines is 1. The predicted molar refractivity (Wildman–Crippen MR) is 66.9 cm³/mol. The van der Waals surface area contributed by atoms with Crippen LogP contribution in [0.15, 0.2) is 0 Å². The number of hydrogen-bond donors (Lipinski definition) is 4. The number of aryl methyl sites for hydroxylation is 2. The van der Waals surface area contributed by atoms with E-state index in [2.05, 4.69) is 10.4 Å². The van der Waals surface area contributed by atoms with Gasteiger partial charge in [0.15, 0.2) is 0 Å². The minimum atomic E-state index is -1.44. The lowest BCUT2D eigenvalue weighted by Crippen LogP contribution is -2.49. The number of nitrogens with one attached hydrogen (secondary N) is 1. The van der Waals surface area contributed by atoms with Crippen molar-refractivity contribution in [3.8, 4) is 0 Å². The highest BCUT2D eigenvalue weighted by Crippen LogP contribution is 2.30. The normalized spacial score (nSPS) is 11.6. The molecule has 0 saturated carbocycles. The van der Waals surface area contributed by atoms with Gasteiger partial charge in [-0.25, -0.2) is 4.68 Å². The van der Waals surface area contributed by atoms with Gasteiger partial charge in [-0.3, -0.25) is 10.1 Å². The molecule has 0 bridgehead atoms. The van der Waals surface area contributed by atoms with Crippen LogP contribution in [0.25, 0.3) is 0 Å². The predicted octanol–water partition coefficient (Wildman–Crippen LogP) is -0.982. The van der Waals surface area contributed by atoms with E-state index < -0.39 is 30.3 Å². The Labute approximate surface area is 109 Å². The topological polar surface area (TPSA) is 134 Å². The minimum absolute atomic E-state index is 0.0407. The highest BCUT2D eigenvalue weighted by molar-refractivity contribution is 5.61. The Morgan fingerprint density at radius 2 is 1.89 bits per heavy atom. The summed E-state index contributed by atoms with van der Waals surface area (Å²) in [6.07, 6.45) is 0.371. The third-order valence-corrected chi connectivity index (χ3v) is 2.90. The fourth-order valence-corrected chi connectivity index (χ4v) is 1.66. The lowest BCUT2D eigenvalue weighted by Gasteiger charge is -2.29. The summed E-state index contributed by atoms with van der Waals surface area (Å²) < 4.78 is 1.26. The zero-order chi connectivity index (χ0) is 14.6. The summed E-state index contributed by atoms with van der Waals surface area (Å²) in [5, 5.41) is 45.4. The molecule has 9 heteroatoms. The molecule has 0 aliphatic carbocycles. The Bertz CT molecular complexity index is 447. The number of nitrogens with zero attached hydrogens (tertiary/aromatic N) is 3. The summed E-state index contributed by atoms with van der Waals surface area (Å²) in [5.41, 5.74) is -1.37. The summed E-state index contributed by atoms with van der Waals surface area (Å²) in [6.45, 7) is -0.00608. The zero-order valence-corrected chi connectivity index (χ0v) is 10.8. The fraction of sp³-hybridized carbons (Fsp3) is 0.700. The van der Waals surface area contributed by atoms with Crippen molar-refractivity contribution in [2.45, 2.75) is 18.9 Å². The number of hydrogen-bond acceptors (Lipinski definition) is 7. The second-order valence-electron chi connectivity index (χ2n) is 4.26. The van der Waals surface area contributed by atoms with E-state index in [1.165, 1.54) is 11.7 Å². The van der Waals surface area contributed by atoms with Crippen LogP contribution in [0.4, 0.5) is 11.5 Å². The van der Waals surface area contributed by atoms with E-state index in [1.54, 1.807) is 6.92 Å². The maximum atomic E-state index is 11.1. The molecular formula is C10H18N4O5.